The minimum absolute atomic E-state index is 0.255. The number of aliphatic hydroxyl groups is 1. The largest absolute Gasteiger partial charge is 0.391 e. The molecule has 1 aromatic heterocycles. The standard InChI is InChI=1S/C9H13FN4O/c1-11-9-12-4-7(10)8(13-9)14-3-2-6(15)5-14/h4,6,15H,2-3,5H2,1H3,(H,11,12,13). The smallest absolute Gasteiger partial charge is 0.224 e. The zero-order chi connectivity index (χ0) is 10.8. The highest BCUT2D eigenvalue weighted by atomic mass is 19.1. The van der Waals surface area contributed by atoms with Gasteiger partial charge in [0.05, 0.1) is 12.3 Å². The van der Waals surface area contributed by atoms with E-state index in [4.69, 9.17) is 0 Å². The van der Waals surface area contributed by atoms with Gasteiger partial charge in [-0.2, -0.15) is 4.98 Å². The Morgan fingerprint density at radius 1 is 1.67 bits per heavy atom. The molecule has 82 valence electrons. The summed E-state index contributed by atoms with van der Waals surface area (Å²) in [6, 6.07) is 0. The molecule has 5 nitrogen and oxygen atoms in total. The molecule has 1 aliphatic heterocycles. The number of aliphatic hydroxyl groups excluding tert-OH is 1. The maximum Gasteiger partial charge on any atom is 0.224 e. The molecule has 0 bridgehead atoms. The van der Waals surface area contributed by atoms with E-state index >= 15 is 0 Å². The van der Waals surface area contributed by atoms with Crippen LogP contribution in [-0.4, -0.2) is 41.3 Å². The highest BCUT2D eigenvalue weighted by molar-refractivity contribution is 5.44. The van der Waals surface area contributed by atoms with Crippen molar-refractivity contribution >= 4 is 11.8 Å². The Morgan fingerprint density at radius 3 is 3.07 bits per heavy atom. The molecule has 2 rings (SSSR count). The molecular weight excluding hydrogens is 199 g/mol. The van der Waals surface area contributed by atoms with Gasteiger partial charge in [-0.05, 0) is 6.42 Å². The topological polar surface area (TPSA) is 61.3 Å². The lowest BCUT2D eigenvalue weighted by Crippen LogP contribution is -2.23. The molecule has 15 heavy (non-hydrogen) atoms. The molecule has 1 aliphatic rings. The molecule has 1 unspecified atom stereocenters. The summed E-state index contributed by atoms with van der Waals surface area (Å²) in [5.74, 6) is 0.182. The molecular formula is C9H13FN4O. The summed E-state index contributed by atoms with van der Waals surface area (Å²) in [5.41, 5.74) is 0. The number of aromatic nitrogens is 2. The van der Waals surface area contributed by atoms with Crippen molar-refractivity contribution in [1.82, 2.24) is 9.97 Å². The van der Waals surface area contributed by atoms with Crippen LogP contribution in [0.2, 0.25) is 0 Å². The third kappa shape index (κ3) is 1.99. The lowest BCUT2D eigenvalue weighted by atomic mass is 10.3. The van der Waals surface area contributed by atoms with E-state index in [9.17, 15) is 9.50 Å². The highest BCUT2D eigenvalue weighted by Crippen LogP contribution is 2.21. The number of hydrogen-bond donors (Lipinski definition) is 2. The van der Waals surface area contributed by atoms with Gasteiger partial charge in [-0.25, -0.2) is 9.37 Å². The third-order valence-corrected chi connectivity index (χ3v) is 2.41. The fraction of sp³-hybridized carbons (Fsp3) is 0.556. The summed E-state index contributed by atoms with van der Waals surface area (Å²) >= 11 is 0. The van der Waals surface area contributed by atoms with Gasteiger partial charge in [-0.15, -0.1) is 0 Å². The molecule has 0 aromatic carbocycles. The van der Waals surface area contributed by atoms with Crippen LogP contribution >= 0.6 is 0 Å². The van der Waals surface area contributed by atoms with Crippen molar-refractivity contribution in [3.63, 3.8) is 0 Å². The first-order valence-corrected chi connectivity index (χ1v) is 4.84. The molecule has 2 N–H and O–H groups in total. The SMILES string of the molecule is CNc1ncc(F)c(N2CCC(O)C2)n1. The average molecular weight is 212 g/mol. The lowest BCUT2D eigenvalue weighted by molar-refractivity contribution is 0.198. The normalized spacial score (nSPS) is 20.7. The zero-order valence-corrected chi connectivity index (χ0v) is 8.44. The van der Waals surface area contributed by atoms with Gasteiger partial charge in [-0.1, -0.05) is 0 Å². The maximum absolute atomic E-state index is 13.4. The third-order valence-electron chi connectivity index (χ3n) is 2.41. The van der Waals surface area contributed by atoms with Gasteiger partial charge in [0.1, 0.15) is 0 Å². The van der Waals surface area contributed by atoms with Crippen LogP contribution in [0.5, 0.6) is 0 Å². The summed E-state index contributed by atoms with van der Waals surface area (Å²) in [6.07, 6.45) is 1.40. The minimum Gasteiger partial charge on any atom is -0.391 e. The quantitative estimate of drug-likeness (QED) is 0.734. The van der Waals surface area contributed by atoms with E-state index in [2.05, 4.69) is 15.3 Å². The van der Waals surface area contributed by atoms with Gasteiger partial charge in [0.2, 0.25) is 5.95 Å². The summed E-state index contributed by atoms with van der Waals surface area (Å²) in [6.45, 7) is 1.05. The van der Waals surface area contributed by atoms with Crippen LogP contribution in [0.1, 0.15) is 6.42 Å². The highest BCUT2D eigenvalue weighted by Gasteiger charge is 2.24. The first kappa shape index (κ1) is 10.1. The van der Waals surface area contributed by atoms with E-state index in [1.807, 2.05) is 0 Å². The van der Waals surface area contributed by atoms with Crippen molar-refractivity contribution < 1.29 is 9.50 Å². The summed E-state index contributed by atoms with van der Waals surface area (Å²) < 4.78 is 13.4. The molecule has 1 fully saturated rings. The van der Waals surface area contributed by atoms with Gasteiger partial charge in [0.25, 0.3) is 0 Å². The molecule has 0 radical (unpaired) electrons. The number of nitrogens with one attached hydrogen (secondary N) is 1. The van der Waals surface area contributed by atoms with Crippen molar-refractivity contribution in [2.24, 2.45) is 0 Å². The maximum atomic E-state index is 13.4. The number of β-amino-alcohol motifs (C(OH)–C–C–N with tert-alkyl or cyclic N) is 1. The van der Waals surface area contributed by atoms with Crippen molar-refractivity contribution in [1.29, 1.82) is 0 Å². The Balaban J connectivity index is 2.26. The number of halogens is 1. The van der Waals surface area contributed by atoms with Crippen LogP contribution < -0.4 is 10.2 Å². The van der Waals surface area contributed by atoms with E-state index in [-0.39, 0.29) is 5.82 Å². The van der Waals surface area contributed by atoms with Gasteiger partial charge >= 0.3 is 0 Å². The fourth-order valence-corrected chi connectivity index (χ4v) is 1.63. The molecule has 6 heteroatoms. The number of anilines is 2. The molecule has 0 saturated carbocycles. The van der Waals surface area contributed by atoms with E-state index in [1.165, 1.54) is 0 Å². The lowest BCUT2D eigenvalue weighted by Gasteiger charge is -2.17. The molecule has 0 aliphatic carbocycles. The van der Waals surface area contributed by atoms with E-state index in [1.54, 1.807) is 11.9 Å². The number of hydrogen-bond acceptors (Lipinski definition) is 5. The predicted molar refractivity (Wildman–Crippen MR) is 54.4 cm³/mol. The van der Waals surface area contributed by atoms with Crippen LogP contribution in [-0.2, 0) is 0 Å². The predicted octanol–water partition coefficient (Wildman–Crippen LogP) is 0.228. The van der Waals surface area contributed by atoms with Crippen molar-refractivity contribution in [2.75, 3.05) is 30.4 Å². The van der Waals surface area contributed by atoms with Crippen LogP contribution in [0.3, 0.4) is 0 Å². The van der Waals surface area contributed by atoms with E-state index in [0.29, 0.717) is 25.5 Å². The molecule has 0 amide bonds. The molecule has 1 aromatic rings. The summed E-state index contributed by atoms with van der Waals surface area (Å²) in [5, 5.41) is 12.1. The van der Waals surface area contributed by atoms with Crippen LogP contribution in [0, 0.1) is 5.82 Å². The van der Waals surface area contributed by atoms with Gasteiger partial charge in [0, 0.05) is 20.1 Å². The van der Waals surface area contributed by atoms with Crippen LogP contribution in [0.15, 0.2) is 6.20 Å². The minimum atomic E-state index is -0.455. The Kier molecular flexibility index (Phi) is 2.68. The molecule has 1 atom stereocenters. The summed E-state index contributed by atoms with van der Waals surface area (Å²) in [7, 11) is 1.68. The number of rotatable bonds is 2. The molecule has 0 spiro atoms. The van der Waals surface area contributed by atoms with Crippen molar-refractivity contribution in [3.8, 4) is 0 Å². The second-order valence-electron chi connectivity index (χ2n) is 3.50. The van der Waals surface area contributed by atoms with Crippen molar-refractivity contribution in [3.05, 3.63) is 12.0 Å². The van der Waals surface area contributed by atoms with Gasteiger partial charge in [0.15, 0.2) is 11.6 Å². The van der Waals surface area contributed by atoms with E-state index in [0.717, 1.165) is 6.20 Å². The van der Waals surface area contributed by atoms with Crippen LogP contribution in [0.4, 0.5) is 16.2 Å². The fourth-order valence-electron chi connectivity index (χ4n) is 1.63. The number of nitrogens with zero attached hydrogens (tertiary/aromatic N) is 3. The van der Waals surface area contributed by atoms with Crippen LogP contribution in [0.25, 0.3) is 0 Å². The first-order valence-electron chi connectivity index (χ1n) is 4.84. The van der Waals surface area contributed by atoms with E-state index < -0.39 is 11.9 Å². The van der Waals surface area contributed by atoms with Crippen molar-refractivity contribution in [2.45, 2.75) is 12.5 Å². The monoisotopic (exact) mass is 212 g/mol. The Hall–Kier alpha value is -1.43. The second-order valence-corrected chi connectivity index (χ2v) is 3.50. The Bertz CT molecular complexity index is 360. The molecule has 2 heterocycles. The van der Waals surface area contributed by atoms with Gasteiger partial charge < -0.3 is 15.3 Å². The Labute approximate surface area is 87.0 Å². The Morgan fingerprint density at radius 2 is 2.47 bits per heavy atom. The zero-order valence-electron chi connectivity index (χ0n) is 8.44. The second kappa shape index (κ2) is 3.98. The first-order chi connectivity index (χ1) is 7.20. The summed E-state index contributed by atoms with van der Waals surface area (Å²) in [4.78, 5) is 9.51. The average Bonchev–Trinajstić information content (AvgIpc) is 2.65. The van der Waals surface area contributed by atoms with Gasteiger partial charge in [-0.3, -0.25) is 0 Å². The molecule has 1 saturated heterocycles.